The van der Waals surface area contributed by atoms with Gasteiger partial charge in [0.05, 0.1) is 41.8 Å². The zero-order valence-electron chi connectivity index (χ0n) is 29.5. The summed E-state index contributed by atoms with van der Waals surface area (Å²) in [7, 11) is 5.15. The molecule has 2 aromatic carbocycles. The summed E-state index contributed by atoms with van der Waals surface area (Å²) in [4.78, 5) is 28.8. The van der Waals surface area contributed by atoms with E-state index in [9.17, 15) is 4.79 Å². The fraction of sp³-hybridized carbons (Fsp3) is 0.425. The maximum Gasteiger partial charge on any atom is 0.219 e. The van der Waals surface area contributed by atoms with Crippen LogP contribution in [-0.4, -0.2) is 97.3 Å². The van der Waals surface area contributed by atoms with E-state index in [0.29, 0.717) is 27.9 Å². The first kappa shape index (κ1) is 34.4. The molecule has 1 amide bonds. The molecule has 11 heteroatoms. The van der Waals surface area contributed by atoms with Crippen molar-refractivity contribution in [1.82, 2.24) is 24.7 Å². The number of carbonyl (C=O) groups excluding carboxylic acids is 1. The maximum atomic E-state index is 11.9. The Kier molecular flexibility index (Phi) is 9.44. The minimum absolute atomic E-state index is 0.134. The molecular formula is C40H43Cl2N5O4. The third-order valence-corrected chi connectivity index (χ3v) is 12.2. The van der Waals surface area contributed by atoms with Gasteiger partial charge in [0.25, 0.3) is 0 Å². The zero-order valence-corrected chi connectivity index (χ0v) is 31.1. The summed E-state index contributed by atoms with van der Waals surface area (Å²) in [6, 6.07) is 16.8. The number of hydrogen-bond donors (Lipinski definition) is 0. The highest BCUT2D eigenvalue weighted by Gasteiger charge is 2.39. The van der Waals surface area contributed by atoms with E-state index >= 15 is 0 Å². The highest BCUT2D eigenvalue weighted by molar-refractivity contribution is 6.39. The number of halogens is 2. The Bertz CT molecular complexity index is 1990. The summed E-state index contributed by atoms with van der Waals surface area (Å²) >= 11 is 14.5. The minimum Gasteiger partial charge on any atom is -0.481 e. The fourth-order valence-corrected chi connectivity index (χ4v) is 9.23. The highest BCUT2D eigenvalue weighted by atomic mass is 35.5. The van der Waals surface area contributed by atoms with E-state index in [2.05, 4.69) is 21.9 Å². The quantitative estimate of drug-likeness (QED) is 0.188. The van der Waals surface area contributed by atoms with E-state index in [-0.39, 0.29) is 18.0 Å². The Labute approximate surface area is 309 Å². The van der Waals surface area contributed by atoms with E-state index in [1.54, 1.807) is 28.3 Å². The lowest BCUT2D eigenvalue weighted by atomic mass is 9.96. The first-order valence-electron chi connectivity index (χ1n) is 17.8. The van der Waals surface area contributed by atoms with Crippen LogP contribution in [0, 0.1) is 0 Å². The van der Waals surface area contributed by atoms with E-state index < -0.39 is 0 Å². The lowest BCUT2D eigenvalue weighted by Crippen LogP contribution is -2.52. The standard InChI is InChI=1S/C40H43Cl2N5O4/c1-23(48)45-15-17-46(18-16-45)33-13-11-24-19-31(43-39(50-3)35(24)33)29-9-5-7-27(37(29)41)28-8-6-10-30(38(28)42)32-20-25-12-14-34(36(25)40(44-32)51-4)47-21-26(22-47)49-2/h5-10,19-20,26,33-34H,11-18,21-22H2,1-4H3/t33-,34-/m1/s1. The monoisotopic (exact) mass is 727 g/mol. The molecule has 2 aliphatic carbocycles. The zero-order chi connectivity index (χ0) is 35.4. The largest absolute Gasteiger partial charge is 0.481 e. The SMILES string of the molecule is COc1nc(-c2cccc(-c3cccc(-c4cc5c(c(OC)n4)[C@H](N4CC(OC)C4)CC5)c3Cl)c2Cl)cc2c1[C@H](N1CCN(C(C)=O)CC1)CC2. The average molecular weight is 729 g/mol. The van der Waals surface area contributed by atoms with Gasteiger partial charge in [0.1, 0.15) is 0 Å². The lowest BCUT2D eigenvalue weighted by Gasteiger charge is -2.42. The third-order valence-electron chi connectivity index (χ3n) is 11.3. The van der Waals surface area contributed by atoms with Gasteiger partial charge in [-0.15, -0.1) is 0 Å². The molecule has 0 unspecified atom stereocenters. The molecule has 2 aromatic heterocycles. The molecule has 266 valence electrons. The average Bonchev–Trinajstić information content (AvgIpc) is 3.76. The van der Waals surface area contributed by atoms with Crippen molar-refractivity contribution < 1.29 is 19.0 Å². The number of benzene rings is 2. The number of aromatic nitrogens is 2. The number of piperazine rings is 1. The molecule has 2 saturated heterocycles. The van der Waals surface area contributed by atoms with Gasteiger partial charge in [0.2, 0.25) is 17.7 Å². The highest BCUT2D eigenvalue weighted by Crippen LogP contribution is 2.48. The van der Waals surface area contributed by atoms with Crippen LogP contribution in [0.15, 0.2) is 48.5 Å². The van der Waals surface area contributed by atoms with Crippen LogP contribution in [0.4, 0.5) is 0 Å². The number of methoxy groups -OCH3 is 3. The van der Waals surface area contributed by atoms with Crippen molar-refractivity contribution in [1.29, 1.82) is 0 Å². The summed E-state index contributed by atoms with van der Waals surface area (Å²) in [5.41, 5.74) is 9.65. The molecule has 2 atom stereocenters. The molecule has 0 saturated carbocycles. The second-order valence-corrected chi connectivity index (χ2v) is 14.7. The van der Waals surface area contributed by atoms with Gasteiger partial charge in [-0.3, -0.25) is 14.6 Å². The van der Waals surface area contributed by atoms with Crippen molar-refractivity contribution in [3.8, 4) is 45.4 Å². The van der Waals surface area contributed by atoms with Crippen molar-refractivity contribution in [3.63, 3.8) is 0 Å². The summed E-state index contributed by atoms with van der Waals surface area (Å²) in [5.74, 6) is 1.42. The molecule has 9 nitrogen and oxygen atoms in total. The molecule has 0 radical (unpaired) electrons. The van der Waals surface area contributed by atoms with E-state index in [1.165, 1.54) is 16.7 Å². The smallest absolute Gasteiger partial charge is 0.219 e. The molecular weight excluding hydrogens is 685 g/mol. The van der Waals surface area contributed by atoms with Crippen LogP contribution in [0.2, 0.25) is 10.0 Å². The molecule has 0 bridgehead atoms. The van der Waals surface area contributed by atoms with Gasteiger partial charge in [-0.05, 0) is 48.9 Å². The summed E-state index contributed by atoms with van der Waals surface area (Å²) in [5, 5.41) is 1.16. The second-order valence-electron chi connectivity index (χ2n) is 14.0. The summed E-state index contributed by atoms with van der Waals surface area (Å²) in [6.07, 6.45) is 4.19. The first-order chi connectivity index (χ1) is 24.8. The van der Waals surface area contributed by atoms with Crippen LogP contribution in [0.1, 0.15) is 54.1 Å². The lowest BCUT2D eigenvalue weighted by molar-refractivity contribution is -0.130. The molecule has 4 aliphatic rings. The van der Waals surface area contributed by atoms with E-state index in [1.807, 2.05) is 41.3 Å². The van der Waals surface area contributed by atoms with Crippen LogP contribution in [0.25, 0.3) is 33.6 Å². The Balaban J connectivity index is 1.10. The van der Waals surface area contributed by atoms with Crippen LogP contribution in [0.3, 0.4) is 0 Å². The van der Waals surface area contributed by atoms with Crippen LogP contribution >= 0.6 is 23.2 Å². The topological polar surface area (TPSA) is 80.3 Å². The fourth-order valence-electron chi connectivity index (χ4n) is 8.58. The molecule has 2 fully saturated rings. The Morgan fingerprint density at radius 3 is 1.63 bits per heavy atom. The molecule has 51 heavy (non-hydrogen) atoms. The Morgan fingerprint density at radius 1 is 0.706 bits per heavy atom. The van der Waals surface area contributed by atoms with Crippen molar-refractivity contribution in [2.75, 3.05) is 60.6 Å². The molecule has 0 spiro atoms. The molecule has 4 aromatic rings. The van der Waals surface area contributed by atoms with Crippen LogP contribution < -0.4 is 9.47 Å². The van der Waals surface area contributed by atoms with Gasteiger partial charge in [0, 0.05) is 98.8 Å². The van der Waals surface area contributed by atoms with E-state index in [4.69, 9.17) is 47.4 Å². The molecule has 2 aliphatic heterocycles. The van der Waals surface area contributed by atoms with Crippen molar-refractivity contribution in [3.05, 3.63) is 80.8 Å². The predicted octanol–water partition coefficient (Wildman–Crippen LogP) is 7.27. The van der Waals surface area contributed by atoms with Crippen molar-refractivity contribution in [2.24, 2.45) is 0 Å². The first-order valence-corrected chi connectivity index (χ1v) is 18.5. The Hall–Kier alpha value is -3.73. The van der Waals surface area contributed by atoms with Gasteiger partial charge in [-0.1, -0.05) is 59.6 Å². The van der Waals surface area contributed by atoms with Gasteiger partial charge in [-0.2, -0.15) is 0 Å². The summed E-state index contributed by atoms with van der Waals surface area (Å²) < 4.78 is 17.4. The molecule has 8 rings (SSSR count). The van der Waals surface area contributed by atoms with Crippen LogP contribution in [0.5, 0.6) is 11.8 Å². The minimum atomic E-state index is 0.134. The number of likely N-dealkylation sites (tertiary alicyclic amines) is 1. The number of ether oxygens (including phenoxy) is 3. The number of fused-ring (bicyclic) bond motifs is 2. The second kappa shape index (κ2) is 14.0. The number of aryl methyl sites for hydroxylation is 2. The van der Waals surface area contributed by atoms with Crippen molar-refractivity contribution >= 4 is 29.1 Å². The predicted molar refractivity (Wildman–Crippen MR) is 200 cm³/mol. The van der Waals surface area contributed by atoms with E-state index in [0.717, 1.165) is 104 Å². The number of hydrogen-bond acceptors (Lipinski definition) is 8. The number of carbonyl (C=O) groups is 1. The normalized spacial score (nSPS) is 20.6. The number of rotatable bonds is 8. The van der Waals surface area contributed by atoms with Gasteiger partial charge >= 0.3 is 0 Å². The van der Waals surface area contributed by atoms with Gasteiger partial charge < -0.3 is 19.1 Å². The maximum absolute atomic E-state index is 11.9. The summed E-state index contributed by atoms with van der Waals surface area (Å²) in [6.45, 7) is 6.65. The third kappa shape index (κ3) is 6.07. The molecule has 4 heterocycles. The Morgan fingerprint density at radius 2 is 1.18 bits per heavy atom. The number of amides is 1. The number of pyridine rings is 2. The molecule has 0 N–H and O–H groups in total. The number of nitrogens with zero attached hydrogens (tertiary/aromatic N) is 5. The van der Waals surface area contributed by atoms with Gasteiger partial charge in [0.15, 0.2) is 0 Å². The van der Waals surface area contributed by atoms with Crippen LogP contribution in [-0.2, 0) is 22.4 Å². The van der Waals surface area contributed by atoms with Crippen molar-refractivity contribution in [2.45, 2.75) is 50.8 Å². The van der Waals surface area contributed by atoms with Gasteiger partial charge in [-0.25, -0.2) is 9.97 Å².